The second kappa shape index (κ2) is 4.81. The molecule has 3 aliphatic carbocycles. The summed E-state index contributed by atoms with van der Waals surface area (Å²) in [5.74, 6) is 1.13. The van der Waals surface area contributed by atoms with Crippen molar-refractivity contribution in [1.29, 1.82) is 0 Å². The van der Waals surface area contributed by atoms with Crippen molar-refractivity contribution in [3.8, 4) is 0 Å². The van der Waals surface area contributed by atoms with Crippen LogP contribution in [0.5, 0.6) is 0 Å². The molecule has 3 nitrogen and oxygen atoms in total. The van der Waals surface area contributed by atoms with Gasteiger partial charge in [0.1, 0.15) is 0 Å². The minimum atomic E-state index is -0.218. The molecule has 0 radical (unpaired) electrons. The quantitative estimate of drug-likeness (QED) is 0.571. The number of allylic oxidation sites excluding steroid dienone is 3. The summed E-state index contributed by atoms with van der Waals surface area (Å²) in [5.41, 5.74) is 2.33. The molecule has 2 fully saturated rings. The van der Waals surface area contributed by atoms with E-state index in [0.29, 0.717) is 24.9 Å². The lowest BCUT2D eigenvalue weighted by Crippen LogP contribution is -2.57. The molecule has 0 amide bonds. The third kappa shape index (κ3) is 1.83. The van der Waals surface area contributed by atoms with Crippen LogP contribution in [0.2, 0.25) is 0 Å². The zero-order chi connectivity index (χ0) is 14.5. The van der Waals surface area contributed by atoms with Crippen LogP contribution < -0.4 is 0 Å². The van der Waals surface area contributed by atoms with Crippen LogP contribution in [-0.2, 0) is 14.3 Å². The van der Waals surface area contributed by atoms with Gasteiger partial charge in [0.2, 0.25) is 0 Å². The normalized spacial score (nSPS) is 40.9. The first-order chi connectivity index (χ1) is 9.49. The van der Waals surface area contributed by atoms with Crippen LogP contribution in [0, 0.1) is 17.3 Å². The Morgan fingerprint density at radius 2 is 2.30 bits per heavy atom. The maximum Gasteiger partial charge on any atom is 0.165 e. The van der Waals surface area contributed by atoms with Crippen molar-refractivity contribution in [2.75, 3.05) is 6.61 Å². The highest BCUT2D eigenvalue weighted by atomic mass is 16.7. The zero-order valence-electron chi connectivity index (χ0n) is 12.8. The molecule has 4 aliphatic rings. The summed E-state index contributed by atoms with van der Waals surface area (Å²) < 4.78 is 11.9. The van der Waals surface area contributed by atoms with E-state index in [4.69, 9.17) is 9.47 Å². The van der Waals surface area contributed by atoms with Gasteiger partial charge in [0, 0.05) is 24.4 Å². The maximum atomic E-state index is 12.3. The largest absolute Gasteiger partial charge is 0.352 e. The topological polar surface area (TPSA) is 35.5 Å². The standard InChI is InChI=1S/C17H24O3/c1-5-19-16-17(9-12(18)6-10(2)3)13-8-14(17)15(20-16)7-11(13)4/h6-7,13-16H,5,8-9H2,1-4H3. The highest BCUT2D eigenvalue weighted by Crippen LogP contribution is 2.68. The van der Waals surface area contributed by atoms with Gasteiger partial charge in [-0.3, -0.25) is 4.79 Å². The molecule has 0 spiro atoms. The fourth-order valence-corrected chi connectivity index (χ4v) is 4.43. The highest BCUT2D eigenvalue weighted by molar-refractivity contribution is 5.91. The first-order valence-corrected chi connectivity index (χ1v) is 7.62. The lowest BCUT2D eigenvalue weighted by Gasteiger charge is -2.56. The van der Waals surface area contributed by atoms with Crippen molar-refractivity contribution in [2.45, 2.75) is 52.9 Å². The molecule has 20 heavy (non-hydrogen) atoms. The van der Waals surface area contributed by atoms with E-state index >= 15 is 0 Å². The third-order valence-corrected chi connectivity index (χ3v) is 5.17. The molecule has 5 unspecified atom stereocenters. The Labute approximate surface area is 121 Å². The van der Waals surface area contributed by atoms with Crippen LogP contribution in [0.4, 0.5) is 0 Å². The minimum absolute atomic E-state index is 0.109. The molecule has 110 valence electrons. The van der Waals surface area contributed by atoms with Gasteiger partial charge < -0.3 is 9.47 Å². The second-order valence-corrected chi connectivity index (χ2v) is 6.67. The van der Waals surface area contributed by atoms with E-state index in [-0.39, 0.29) is 23.6 Å². The van der Waals surface area contributed by atoms with Gasteiger partial charge >= 0.3 is 0 Å². The highest BCUT2D eigenvalue weighted by Gasteiger charge is 2.70. The molecule has 4 bridgehead atoms. The summed E-state index contributed by atoms with van der Waals surface area (Å²) in [7, 11) is 0. The van der Waals surface area contributed by atoms with E-state index < -0.39 is 0 Å². The zero-order valence-corrected chi connectivity index (χ0v) is 12.8. The van der Waals surface area contributed by atoms with E-state index in [1.165, 1.54) is 5.57 Å². The number of ether oxygens (including phenoxy) is 2. The van der Waals surface area contributed by atoms with Crippen LogP contribution in [0.25, 0.3) is 0 Å². The van der Waals surface area contributed by atoms with Gasteiger partial charge in [-0.15, -0.1) is 0 Å². The molecular formula is C17H24O3. The Morgan fingerprint density at radius 3 is 2.90 bits per heavy atom. The summed E-state index contributed by atoms with van der Waals surface area (Å²) in [4.78, 5) is 12.3. The first kappa shape index (κ1) is 14.0. The second-order valence-electron chi connectivity index (χ2n) is 6.67. The van der Waals surface area contributed by atoms with Gasteiger partial charge in [0.25, 0.3) is 0 Å². The molecular weight excluding hydrogens is 252 g/mol. The van der Waals surface area contributed by atoms with Crippen molar-refractivity contribution in [2.24, 2.45) is 17.3 Å². The molecule has 1 aliphatic heterocycles. The molecule has 3 heteroatoms. The Bertz CT molecular complexity index is 486. The van der Waals surface area contributed by atoms with Crippen LogP contribution in [0.3, 0.4) is 0 Å². The molecule has 0 aromatic heterocycles. The summed E-state index contributed by atoms with van der Waals surface area (Å²) in [6.07, 6.45) is 5.64. The number of carbonyl (C=O) groups is 1. The van der Waals surface area contributed by atoms with E-state index in [1.54, 1.807) is 6.08 Å². The van der Waals surface area contributed by atoms with Gasteiger partial charge in [-0.1, -0.05) is 17.2 Å². The molecule has 5 atom stereocenters. The Morgan fingerprint density at radius 1 is 1.55 bits per heavy atom. The maximum absolute atomic E-state index is 12.3. The Balaban J connectivity index is 1.89. The van der Waals surface area contributed by atoms with E-state index in [9.17, 15) is 4.79 Å². The molecule has 4 rings (SSSR count). The first-order valence-electron chi connectivity index (χ1n) is 7.62. The van der Waals surface area contributed by atoms with Gasteiger partial charge in [-0.05, 0) is 46.1 Å². The lowest BCUT2D eigenvalue weighted by molar-refractivity contribution is -0.193. The van der Waals surface area contributed by atoms with Crippen LogP contribution in [0.1, 0.15) is 40.5 Å². The van der Waals surface area contributed by atoms with Crippen molar-refractivity contribution >= 4 is 5.78 Å². The van der Waals surface area contributed by atoms with Crippen molar-refractivity contribution in [3.63, 3.8) is 0 Å². The van der Waals surface area contributed by atoms with Gasteiger partial charge in [-0.2, -0.15) is 0 Å². The fourth-order valence-electron chi connectivity index (χ4n) is 4.43. The lowest BCUT2D eigenvalue weighted by atomic mass is 9.46. The summed E-state index contributed by atoms with van der Waals surface area (Å²) >= 11 is 0. The molecule has 0 aromatic rings. The smallest absolute Gasteiger partial charge is 0.165 e. The van der Waals surface area contributed by atoms with Crippen molar-refractivity contribution in [1.82, 2.24) is 0 Å². The minimum Gasteiger partial charge on any atom is -0.352 e. The number of hydrogen-bond donors (Lipinski definition) is 0. The number of carbonyl (C=O) groups excluding carboxylic acids is 1. The molecule has 0 N–H and O–H groups in total. The predicted octanol–water partition coefficient (Wildman–Crippen LogP) is 3.26. The van der Waals surface area contributed by atoms with Crippen molar-refractivity contribution < 1.29 is 14.3 Å². The fraction of sp³-hybridized carbons (Fsp3) is 0.706. The van der Waals surface area contributed by atoms with E-state index in [2.05, 4.69) is 13.0 Å². The average Bonchev–Trinajstić information content (AvgIpc) is 2.46. The van der Waals surface area contributed by atoms with E-state index in [0.717, 1.165) is 12.0 Å². The number of ketones is 1. The molecule has 1 saturated carbocycles. The Kier molecular flexibility index (Phi) is 3.38. The van der Waals surface area contributed by atoms with E-state index in [1.807, 2.05) is 20.8 Å². The molecule has 0 aromatic carbocycles. The third-order valence-electron chi connectivity index (χ3n) is 5.17. The number of hydrogen-bond acceptors (Lipinski definition) is 3. The molecule has 1 saturated heterocycles. The van der Waals surface area contributed by atoms with Crippen LogP contribution >= 0.6 is 0 Å². The van der Waals surface area contributed by atoms with Crippen LogP contribution in [-0.4, -0.2) is 24.8 Å². The summed E-state index contributed by atoms with van der Waals surface area (Å²) in [5, 5.41) is 0. The van der Waals surface area contributed by atoms with Gasteiger partial charge in [0.15, 0.2) is 12.1 Å². The summed E-state index contributed by atoms with van der Waals surface area (Å²) in [6.45, 7) is 8.73. The van der Waals surface area contributed by atoms with Crippen molar-refractivity contribution in [3.05, 3.63) is 23.3 Å². The van der Waals surface area contributed by atoms with Gasteiger partial charge in [-0.25, -0.2) is 0 Å². The van der Waals surface area contributed by atoms with Crippen LogP contribution in [0.15, 0.2) is 23.3 Å². The molecule has 1 heterocycles. The SMILES string of the molecule is CCOC1OC2C=C(C)C3CC2C13CC(=O)C=C(C)C. The average molecular weight is 276 g/mol. The Hall–Kier alpha value is -0.930. The predicted molar refractivity (Wildman–Crippen MR) is 77.1 cm³/mol. The van der Waals surface area contributed by atoms with Gasteiger partial charge in [0.05, 0.1) is 6.10 Å². The monoisotopic (exact) mass is 276 g/mol. The number of rotatable bonds is 5. The summed E-state index contributed by atoms with van der Waals surface area (Å²) in [6, 6.07) is 0.